The summed E-state index contributed by atoms with van der Waals surface area (Å²) in [6, 6.07) is 3.50. The van der Waals surface area contributed by atoms with Crippen molar-refractivity contribution in [1.29, 1.82) is 0 Å². The highest BCUT2D eigenvalue weighted by atomic mass is 32.2. The molecule has 0 aromatic carbocycles. The molecule has 1 aliphatic carbocycles. The van der Waals surface area contributed by atoms with Crippen LogP contribution in [0.15, 0.2) is 18.3 Å². The third kappa shape index (κ3) is 5.14. The molecule has 2 aromatic heterocycles. The topological polar surface area (TPSA) is 89.7 Å². The van der Waals surface area contributed by atoms with Crippen molar-refractivity contribution in [2.75, 3.05) is 25.7 Å². The zero-order valence-corrected chi connectivity index (χ0v) is 17.9. The quantitative estimate of drug-likeness (QED) is 0.654. The first-order chi connectivity index (χ1) is 14.0. The zero-order valence-electron chi connectivity index (χ0n) is 17.1. The SMILES string of the molecule is CSCCOc1nc(-c2cnn(C)c2COC(=O)N(C)C2CCCC2)ccc1O. The Morgan fingerprint density at radius 3 is 2.86 bits per heavy atom. The van der Waals surface area contributed by atoms with Gasteiger partial charge in [-0.25, -0.2) is 9.78 Å². The Bertz CT molecular complexity index is 836. The number of amides is 1. The maximum atomic E-state index is 12.4. The van der Waals surface area contributed by atoms with E-state index in [1.807, 2.05) is 6.26 Å². The fourth-order valence-electron chi connectivity index (χ4n) is 3.43. The molecule has 1 saturated carbocycles. The molecule has 29 heavy (non-hydrogen) atoms. The van der Waals surface area contributed by atoms with E-state index in [2.05, 4.69) is 10.1 Å². The molecule has 9 heteroatoms. The minimum absolute atomic E-state index is 0.00934. The van der Waals surface area contributed by atoms with Crippen LogP contribution < -0.4 is 4.74 Å². The zero-order chi connectivity index (χ0) is 20.8. The Kier molecular flexibility index (Phi) is 7.24. The normalized spacial score (nSPS) is 14.2. The van der Waals surface area contributed by atoms with E-state index in [-0.39, 0.29) is 30.4 Å². The number of carbonyl (C=O) groups is 1. The summed E-state index contributed by atoms with van der Waals surface area (Å²) in [4.78, 5) is 18.6. The van der Waals surface area contributed by atoms with Crippen molar-refractivity contribution in [3.63, 3.8) is 0 Å². The lowest BCUT2D eigenvalue weighted by atomic mass is 10.1. The van der Waals surface area contributed by atoms with Crippen LogP contribution in [-0.2, 0) is 18.4 Å². The predicted octanol–water partition coefficient (Wildman–Crippen LogP) is 3.44. The molecule has 3 rings (SSSR count). The average molecular weight is 421 g/mol. The van der Waals surface area contributed by atoms with E-state index < -0.39 is 0 Å². The second-order valence-electron chi connectivity index (χ2n) is 7.09. The lowest BCUT2D eigenvalue weighted by molar-refractivity contribution is 0.0899. The Labute approximate surface area is 175 Å². The van der Waals surface area contributed by atoms with Crippen molar-refractivity contribution in [2.24, 2.45) is 7.05 Å². The van der Waals surface area contributed by atoms with Gasteiger partial charge in [0.05, 0.1) is 24.2 Å². The number of aromatic hydroxyl groups is 1. The Hall–Kier alpha value is -2.42. The minimum atomic E-state index is -0.330. The summed E-state index contributed by atoms with van der Waals surface area (Å²) in [6.07, 6.45) is 7.70. The number of hydrogen-bond donors (Lipinski definition) is 1. The molecule has 8 nitrogen and oxygen atoms in total. The van der Waals surface area contributed by atoms with Crippen molar-refractivity contribution in [2.45, 2.75) is 38.3 Å². The predicted molar refractivity (Wildman–Crippen MR) is 112 cm³/mol. The summed E-state index contributed by atoms with van der Waals surface area (Å²) < 4.78 is 12.8. The molecule has 2 aromatic rings. The first-order valence-electron chi connectivity index (χ1n) is 9.73. The smallest absolute Gasteiger partial charge is 0.410 e. The van der Waals surface area contributed by atoms with Gasteiger partial charge < -0.3 is 19.5 Å². The van der Waals surface area contributed by atoms with Crippen LogP contribution in [0.25, 0.3) is 11.3 Å². The number of aromatic nitrogens is 3. The van der Waals surface area contributed by atoms with E-state index >= 15 is 0 Å². The van der Waals surface area contributed by atoms with E-state index in [1.54, 1.807) is 53.8 Å². The van der Waals surface area contributed by atoms with Gasteiger partial charge >= 0.3 is 6.09 Å². The van der Waals surface area contributed by atoms with Crippen molar-refractivity contribution in [3.05, 3.63) is 24.0 Å². The molecule has 0 aliphatic heterocycles. The van der Waals surface area contributed by atoms with E-state index in [9.17, 15) is 9.90 Å². The molecular formula is C20H28N4O4S. The highest BCUT2D eigenvalue weighted by Gasteiger charge is 2.25. The van der Waals surface area contributed by atoms with Crippen LogP contribution in [0.1, 0.15) is 31.4 Å². The molecule has 2 heterocycles. The number of nitrogens with zero attached hydrogens (tertiary/aromatic N) is 4. The van der Waals surface area contributed by atoms with Gasteiger partial charge in [-0.2, -0.15) is 16.9 Å². The van der Waals surface area contributed by atoms with Gasteiger partial charge in [0.25, 0.3) is 5.88 Å². The van der Waals surface area contributed by atoms with Crippen molar-refractivity contribution in [3.8, 4) is 22.9 Å². The number of thioether (sulfide) groups is 1. The molecular weight excluding hydrogens is 392 g/mol. The Morgan fingerprint density at radius 2 is 2.14 bits per heavy atom. The molecule has 0 radical (unpaired) electrons. The highest BCUT2D eigenvalue weighted by molar-refractivity contribution is 7.98. The van der Waals surface area contributed by atoms with Crippen LogP contribution in [0.5, 0.6) is 11.6 Å². The van der Waals surface area contributed by atoms with Crippen molar-refractivity contribution in [1.82, 2.24) is 19.7 Å². The number of pyridine rings is 1. The molecule has 0 bridgehead atoms. The van der Waals surface area contributed by atoms with Gasteiger partial charge in [0.15, 0.2) is 5.75 Å². The second kappa shape index (κ2) is 9.87. The highest BCUT2D eigenvalue weighted by Crippen LogP contribution is 2.30. The molecule has 0 spiro atoms. The van der Waals surface area contributed by atoms with E-state index in [0.717, 1.165) is 42.7 Å². The van der Waals surface area contributed by atoms with Crippen LogP contribution in [0.3, 0.4) is 0 Å². The third-order valence-electron chi connectivity index (χ3n) is 5.20. The lowest BCUT2D eigenvalue weighted by Gasteiger charge is -2.23. The Balaban J connectivity index is 1.72. The maximum absolute atomic E-state index is 12.4. The molecule has 0 saturated heterocycles. The first-order valence-corrected chi connectivity index (χ1v) is 11.1. The molecule has 158 valence electrons. The number of ether oxygens (including phenoxy) is 2. The first kappa shape index (κ1) is 21.3. The van der Waals surface area contributed by atoms with Crippen molar-refractivity contribution < 1.29 is 19.4 Å². The van der Waals surface area contributed by atoms with Crippen LogP contribution in [-0.4, -0.2) is 62.6 Å². The lowest BCUT2D eigenvalue weighted by Crippen LogP contribution is -2.35. The molecule has 0 unspecified atom stereocenters. The number of carbonyl (C=O) groups excluding carboxylic acids is 1. The summed E-state index contributed by atoms with van der Waals surface area (Å²) >= 11 is 1.65. The van der Waals surface area contributed by atoms with Gasteiger partial charge in [-0.3, -0.25) is 4.68 Å². The third-order valence-corrected chi connectivity index (χ3v) is 5.77. The molecule has 1 aliphatic rings. The maximum Gasteiger partial charge on any atom is 0.410 e. The minimum Gasteiger partial charge on any atom is -0.503 e. The summed E-state index contributed by atoms with van der Waals surface area (Å²) in [5.74, 6) is 0.975. The van der Waals surface area contributed by atoms with E-state index in [4.69, 9.17) is 9.47 Å². The molecule has 1 amide bonds. The summed E-state index contributed by atoms with van der Waals surface area (Å²) in [6.45, 7) is 0.545. The van der Waals surface area contributed by atoms with Gasteiger partial charge in [-0.1, -0.05) is 12.8 Å². The van der Waals surface area contributed by atoms with Crippen LogP contribution >= 0.6 is 11.8 Å². The number of aryl methyl sites for hydroxylation is 1. The second-order valence-corrected chi connectivity index (χ2v) is 8.08. The van der Waals surface area contributed by atoms with Gasteiger partial charge in [0.2, 0.25) is 0 Å². The van der Waals surface area contributed by atoms with E-state index in [0.29, 0.717) is 12.3 Å². The largest absolute Gasteiger partial charge is 0.503 e. The average Bonchev–Trinajstić information content (AvgIpc) is 3.37. The molecule has 1 N–H and O–H groups in total. The summed E-state index contributed by atoms with van der Waals surface area (Å²) in [5.41, 5.74) is 2.07. The monoisotopic (exact) mass is 420 g/mol. The van der Waals surface area contributed by atoms with Gasteiger partial charge in [0.1, 0.15) is 6.61 Å². The van der Waals surface area contributed by atoms with Crippen LogP contribution in [0.2, 0.25) is 0 Å². The number of hydrogen-bond acceptors (Lipinski definition) is 7. The number of rotatable bonds is 8. The standard InChI is InChI=1S/C20H28N4O4S/c1-23(14-6-4-5-7-14)20(26)28-13-17-15(12-21-24(17)2)16-8-9-18(25)19(22-16)27-10-11-29-3/h8-9,12,14,25H,4-7,10-11,13H2,1-3H3. The molecule has 1 fully saturated rings. The summed E-state index contributed by atoms with van der Waals surface area (Å²) in [5, 5.41) is 14.3. The summed E-state index contributed by atoms with van der Waals surface area (Å²) in [7, 11) is 3.59. The molecule has 0 atom stereocenters. The fourth-order valence-corrected chi connectivity index (χ4v) is 3.68. The van der Waals surface area contributed by atoms with Crippen LogP contribution in [0, 0.1) is 0 Å². The van der Waals surface area contributed by atoms with Gasteiger partial charge in [-0.15, -0.1) is 0 Å². The van der Waals surface area contributed by atoms with Gasteiger partial charge in [-0.05, 0) is 31.2 Å². The fraction of sp³-hybridized carbons (Fsp3) is 0.550. The van der Waals surface area contributed by atoms with Crippen LogP contribution in [0.4, 0.5) is 4.79 Å². The van der Waals surface area contributed by atoms with Crippen molar-refractivity contribution >= 4 is 17.9 Å². The van der Waals surface area contributed by atoms with Gasteiger partial charge in [0, 0.05) is 31.5 Å². The Morgan fingerprint density at radius 1 is 1.38 bits per heavy atom. The van der Waals surface area contributed by atoms with E-state index in [1.165, 1.54) is 0 Å².